The second-order valence-electron chi connectivity index (χ2n) is 5.82. The summed E-state index contributed by atoms with van der Waals surface area (Å²) < 4.78 is 31.6. The molecule has 1 amide bonds. The first-order chi connectivity index (χ1) is 10.9. The zero-order valence-electron chi connectivity index (χ0n) is 13.6. The van der Waals surface area contributed by atoms with Crippen molar-refractivity contribution in [3.63, 3.8) is 0 Å². The summed E-state index contributed by atoms with van der Waals surface area (Å²) in [5.41, 5.74) is 0.436. The number of hydrogen-bond donors (Lipinski definition) is 1. The standard InChI is InChI=1S/C16H24N2O4S/c1-13(12-22-2)17-16(19)14-6-8-15(9-7-14)23(20,21)18-10-4-3-5-11-18/h6-9,13H,3-5,10-12H2,1-2H3,(H,17,19)/t13-/m0/s1. The Balaban J connectivity index is 2.08. The minimum Gasteiger partial charge on any atom is -0.383 e. The van der Waals surface area contributed by atoms with Crippen LogP contribution in [0.1, 0.15) is 36.5 Å². The van der Waals surface area contributed by atoms with Gasteiger partial charge in [-0.05, 0) is 44.0 Å². The number of hydrogen-bond acceptors (Lipinski definition) is 4. The normalized spacial score (nSPS) is 17.7. The van der Waals surface area contributed by atoms with Crippen LogP contribution in [-0.4, -0.2) is 51.5 Å². The van der Waals surface area contributed by atoms with Crippen LogP contribution in [-0.2, 0) is 14.8 Å². The molecule has 1 heterocycles. The van der Waals surface area contributed by atoms with Gasteiger partial charge in [-0.15, -0.1) is 0 Å². The van der Waals surface area contributed by atoms with Crippen molar-refractivity contribution in [1.82, 2.24) is 9.62 Å². The second-order valence-corrected chi connectivity index (χ2v) is 7.76. The fraction of sp³-hybridized carbons (Fsp3) is 0.562. The molecule has 2 rings (SSSR count). The first-order valence-corrected chi connectivity index (χ1v) is 9.29. The van der Waals surface area contributed by atoms with E-state index in [4.69, 9.17) is 4.74 Å². The minimum atomic E-state index is -3.45. The molecule has 0 aromatic heterocycles. The number of methoxy groups -OCH3 is 1. The van der Waals surface area contributed by atoms with E-state index in [0.717, 1.165) is 19.3 Å². The second kappa shape index (κ2) is 7.90. The highest BCUT2D eigenvalue weighted by atomic mass is 32.2. The van der Waals surface area contributed by atoms with E-state index in [0.29, 0.717) is 25.3 Å². The molecule has 1 aliphatic heterocycles. The highest BCUT2D eigenvalue weighted by Gasteiger charge is 2.25. The summed E-state index contributed by atoms with van der Waals surface area (Å²) in [5.74, 6) is -0.239. The monoisotopic (exact) mass is 340 g/mol. The highest BCUT2D eigenvalue weighted by Crippen LogP contribution is 2.20. The summed E-state index contributed by atoms with van der Waals surface area (Å²) in [7, 11) is -1.88. The van der Waals surface area contributed by atoms with Gasteiger partial charge in [0.15, 0.2) is 0 Å². The van der Waals surface area contributed by atoms with Gasteiger partial charge in [-0.25, -0.2) is 8.42 Å². The van der Waals surface area contributed by atoms with E-state index in [9.17, 15) is 13.2 Å². The number of carbonyl (C=O) groups is 1. The van der Waals surface area contributed by atoms with Crippen LogP contribution in [0.3, 0.4) is 0 Å². The maximum Gasteiger partial charge on any atom is 0.251 e. The molecule has 1 aliphatic rings. The first kappa shape index (κ1) is 17.9. The van der Waals surface area contributed by atoms with Gasteiger partial charge < -0.3 is 10.1 Å². The van der Waals surface area contributed by atoms with Crippen LogP contribution in [0.2, 0.25) is 0 Å². The molecule has 1 atom stereocenters. The number of ether oxygens (including phenoxy) is 1. The number of nitrogens with zero attached hydrogens (tertiary/aromatic N) is 1. The molecule has 1 fully saturated rings. The molecule has 0 spiro atoms. The van der Waals surface area contributed by atoms with Crippen molar-refractivity contribution in [2.24, 2.45) is 0 Å². The summed E-state index contributed by atoms with van der Waals surface area (Å²) in [6, 6.07) is 5.99. The van der Waals surface area contributed by atoms with Gasteiger partial charge in [0.05, 0.1) is 11.5 Å². The van der Waals surface area contributed by atoms with Crippen molar-refractivity contribution in [3.8, 4) is 0 Å². The Bertz CT molecular complexity index is 622. The van der Waals surface area contributed by atoms with Gasteiger partial charge in [-0.2, -0.15) is 4.31 Å². The van der Waals surface area contributed by atoms with Crippen molar-refractivity contribution >= 4 is 15.9 Å². The molecule has 1 saturated heterocycles. The van der Waals surface area contributed by atoms with Gasteiger partial charge in [0, 0.05) is 31.8 Å². The molecular weight excluding hydrogens is 316 g/mol. The van der Waals surface area contributed by atoms with Crippen LogP contribution in [0.25, 0.3) is 0 Å². The lowest BCUT2D eigenvalue weighted by atomic mass is 10.2. The van der Waals surface area contributed by atoms with Gasteiger partial charge in [0.2, 0.25) is 10.0 Å². The lowest BCUT2D eigenvalue weighted by Crippen LogP contribution is -2.36. The Labute approximate surface area is 137 Å². The Hall–Kier alpha value is -1.44. The van der Waals surface area contributed by atoms with Crippen LogP contribution >= 0.6 is 0 Å². The molecular formula is C16H24N2O4S. The lowest BCUT2D eigenvalue weighted by Gasteiger charge is -2.25. The summed E-state index contributed by atoms with van der Waals surface area (Å²) in [6.07, 6.45) is 2.87. The largest absolute Gasteiger partial charge is 0.383 e. The number of nitrogens with one attached hydrogen (secondary N) is 1. The number of piperidine rings is 1. The maximum atomic E-state index is 12.5. The molecule has 7 heteroatoms. The third-order valence-corrected chi connectivity index (χ3v) is 5.78. The average molecular weight is 340 g/mol. The molecule has 1 aromatic rings. The predicted octanol–water partition coefficient (Wildman–Crippen LogP) is 1.63. The molecule has 0 radical (unpaired) electrons. The van der Waals surface area contributed by atoms with E-state index < -0.39 is 10.0 Å². The van der Waals surface area contributed by atoms with Crippen LogP contribution in [0, 0.1) is 0 Å². The fourth-order valence-electron chi connectivity index (χ4n) is 2.63. The Morgan fingerprint density at radius 3 is 2.39 bits per heavy atom. The molecule has 6 nitrogen and oxygen atoms in total. The Morgan fingerprint density at radius 1 is 1.22 bits per heavy atom. The maximum absolute atomic E-state index is 12.5. The van der Waals surface area contributed by atoms with Gasteiger partial charge in [-0.1, -0.05) is 6.42 Å². The predicted molar refractivity (Wildman–Crippen MR) is 87.9 cm³/mol. The van der Waals surface area contributed by atoms with Gasteiger partial charge in [-0.3, -0.25) is 4.79 Å². The van der Waals surface area contributed by atoms with E-state index in [1.165, 1.54) is 16.4 Å². The van der Waals surface area contributed by atoms with Crippen LogP contribution < -0.4 is 5.32 Å². The van der Waals surface area contributed by atoms with Crippen LogP contribution in [0.15, 0.2) is 29.2 Å². The van der Waals surface area contributed by atoms with Crippen LogP contribution in [0.4, 0.5) is 0 Å². The number of carbonyl (C=O) groups excluding carboxylic acids is 1. The highest BCUT2D eigenvalue weighted by molar-refractivity contribution is 7.89. The number of benzene rings is 1. The van der Waals surface area contributed by atoms with Gasteiger partial charge in [0.1, 0.15) is 0 Å². The smallest absolute Gasteiger partial charge is 0.251 e. The van der Waals surface area contributed by atoms with Crippen molar-refractivity contribution in [2.45, 2.75) is 37.1 Å². The SMILES string of the molecule is COC[C@H](C)NC(=O)c1ccc(S(=O)(=O)N2CCCCC2)cc1. The zero-order valence-corrected chi connectivity index (χ0v) is 14.4. The van der Waals surface area contributed by atoms with E-state index >= 15 is 0 Å². The molecule has 1 N–H and O–H groups in total. The molecule has 0 unspecified atom stereocenters. The number of sulfonamides is 1. The zero-order chi connectivity index (χ0) is 16.9. The number of amides is 1. The number of rotatable bonds is 6. The molecule has 128 valence electrons. The lowest BCUT2D eigenvalue weighted by molar-refractivity contribution is 0.0905. The molecule has 23 heavy (non-hydrogen) atoms. The average Bonchev–Trinajstić information content (AvgIpc) is 2.56. The Morgan fingerprint density at radius 2 is 1.83 bits per heavy atom. The summed E-state index contributed by atoms with van der Waals surface area (Å²) in [5, 5.41) is 2.79. The van der Waals surface area contributed by atoms with Crippen molar-refractivity contribution in [1.29, 1.82) is 0 Å². The van der Waals surface area contributed by atoms with Crippen LogP contribution in [0.5, 0.6) is 0 Å². The Kier molecular flexibility index (Phi) is 6.15. The van der Waals surface area contributed by atoms with E-state index in [2.05, 4.69) is 5.32 Å². The third-order valence-electron chi connectivity index (χ3n) is 3.86. The summed E-state index contributed by atoms with van der Waals surface area (Å²) in [6.45, 7) is 3.40. The molecule has 0 aliphatic carbocycles. The van der Waals surface area contributed by atoms with E-state index in [1.807, 2.05) is 6.92 Å². The van der Waals surface area contributed by atoms with Crippen molar-refractivity contribution in [2.75, 3.05) is 26.8 Å². The molecule has 0 bridgehead atoms. The van der Waals surface area contributed by atoms with Gasteiger partial charge in [0.25, 0.3) is 5.91 Å². The first-order valence-electron chi connectivity index (χ1n) is 7.85. The summed E-state index contributed by atoms with van der Waals surface area (Å²) >= 11 is 0. The third kappa shape index (κ3) is 4.53. The fourth-order valence-corrected chi connectivity index (χ4v) is 4.15. The van der Waals surface area contributed by atoms with E-state index in [1.54, 1.807) is 19.2 Å². The van der Waals surface area contributed by atoms with Gasteiger partial charge >= 0.3 is 0 Å². The van der Waals surface area contributed by atoms with E-state index in [-0.39, 0.29) is 16.8 Å². The van der Waals surface area contributed by atoms with Crippen molar-refractivity contribution < 1.29 is 17.9 Å². The van der Waals surface area contributed by atoms with Crippen molar-refractivity contribution in [3.05, 3.63) is 29.8 Å². The molecule has 1 aromatic carbocycles. The quantitative estimate of drug-likeness (QED) is 0.854. The minimum absolute atomic E-state index is 0.107. The topological polar surface area (TPSA) is 75.7 Å². The molecule has 0 saturated carbocycles. The summed E-state index contributed by atoms with van der Waals surface area (Å²) in [4.78, 5) is 12.3.